The van der Waals surface area contributed by atoms with Gasteiger partial charge in [0.05, 0.1) is 6.04 Å². The van der Waals surface area contributed by atoms with E-state index in [1.54, 1.807) is 0 Å². The van der Waals surface area contributed by atoms with Crippen molar-refractivity contribution in [2.24, 2.45) is 11.8 Å². The average Bonchev–Trinajstić information content (AvgIpc) is 2.39. The minimum Gasteiger partial charge on any atom is -0.341 e. The summed E-state index contributed by atoms with van der Waals surface area (Å²) < 4.78 is 0. The first kappa shape index (κ1) is 12.9. The maximum atomic E-state index is 12.3. The van der Waals surface area contributed by atoms with Gasteiger partial charge in [-0.05, 0) is 44.1 Å². The smallest absolute Gasteiger partial charge is 0.239 e. The third kappa shape index (κ3) is 3.21. The lowest BCUT2D eigenvalue weighted by atomic mass is 9.86. The van der Waals surface area contributed by atoms with Crippen LogP contribution in [-0.2, 0) is 4.79 Å². The lowest BCUT2D eigenvalue weighted by molar-refractivity contribution is -0.135. The van der Waals surface area contributed by atoms with Gasteiger partial charge in [-0.25, -0.2) is 0 Å². The summed E-state index contributed by atoms with van der Waals surface area (Å²) in [5, 5.41) is 3.36. The molecule has 1 amide bonds. The van der Waals surface area contributed by atoms with Gasteiger partial charge >= 0.3 is 0 Å². The van der Waals surface area contributed by atoms with Crippen LogP contribution in [0.1, 0.15) is 46.0 Å². The van der Waals surface area contributed by atoms with E-state index in [2.05, 4.69) is 24.1 Å². The molecule has 0 aromatic carbocycles. The van der Waals surface area contributed by atoms with E-state index in [4.69, 9.17) is 0 Å². The second-order valence-corrected chi connectivity index (χ2v) is 5.91. The molecule has 2 aliphatic heterocycles. The van der Waals surface area contributed by atoms with Crippen LogP contribution in [0.3, 0.4) is 0 Å². The molecule has 2 rings (SSSR count). The first-order chi connectivity index (χ1) is 8.18. The SMILES string of the molecule is CC(C)C1CCN(C(=O)[C@H]2CCCCN2)CC1. The van der Waals surface area contributed by atoms with Crippen LogP contribution in [0.5, 0.6) is 0 Å². The van der Waals surface area contributed by atoms with E-state index in [-0.39, 0.29) is 6.04 Å². The Bertz CT molecular complexity index is 251. The Morgan fingerprint density at radius 2 is 1.88 bits per heavy atom. The van der Waals surface area contributed by atoms with Crippen LogP contribution in [0.15, 0.2) is 0 Å². The fourth-order valence-corrected chi connectivity index (χ4v) is 3.07. The molecule has 2 aliphatic rings. The number of amides is 1. The van der Waals surface area contributed by atoms with Gasteiger partial charge in [-0.2, -0.15) is 0 Å². The second kappa shape index (κ2) is 5.85. The highest BCUT2D eigenvalue weighted by molar-refractivity contribution is 5.82. The number of hydrogen-bond donors (Lipinski definition) is 1. The number of nitrogens with zero attached hydrogens (tertiary/aromatic N) is 1. The number of carbonyl (C=O) groups excluding carboxylic acids is 1. The Labute approximate surface area is 105 Å². The zero-order valence-electron chi connectivity index (χ0n) is 11.2. The van der Waals surface area contributed by atoms with Gasteiger partial charge < -0.3 is 10.2 Å². The molecule has 0 saturated carbocycles. The number of piperidine rings is 2. The van der Waals surface area contributed by atoms with Crippen LogP contribution in [0.2, 0.25) is 0 Å². The number of nitrogens with one attached hydrogen (secondary N) is 1. The van der Waals surface area contributed by atoms with Gasteiger partial charge in [0.15, 0.2) is 0 Å². The maximum absolute atomic E-state index is 12.3. The predicted octanol–water partition coefficient (Wildman–Crippen LogP) is 2.02. The zero-order chi connectivity index (χ0) is 12.3. The third-order valence-corrected chi connectivity index (χ3v) is 4.40. The van der Waals surface area contributed by atoms with Gasteiger partial charge in [0.2, 0.25) is 5.91 Å². The summed E-state index contributed by atoms with van der Waals surface area (Å²) in [5.41, 5.74) is 0. The standard InChI is InChI=1S/C14H26N2O/c1-11(2)12-6-9-16(10-7-12)14(17)13-5-3-4-8-15-13/h11-13,15H,3-10H2,1-2H3/t13-/m1/s1. The molecule has 2 fully saturated rings. The molecule has 0 spiro atoms. The topological polar surface area (TPSA) is 32.3 Å². The highest BCUT2D eigenvalue weighted by Gasteiger charge is 2.29. The Balaban J connectivity index is 1.81. The Kier molecular flexibility index (Phi) is 4.43. The summed E-state index contributed by atoms with van der Waals surface area (Å²) in [5.74, 6) is 1.94. The van der Waals surface area contributed by atoms with E-state index in [1.807, 2.05) is 0 Å². The van der Waals surface area contributed by atoms with E-state index in [1.165, 1.54) is 25.7 Å². The van der Waals surface area contributed by atoms with Crippen molar-refractivity contribution < 1.29 is 4.79 Å². The van der Waals surface area contributed by atoms with E-state index in [0.717, 1.165) is 37.9 Å². The van der Waals surface area contributed by atoms with Gasteiger partial charge in [0.1, 0.15) is 0 Å². The van der Waals surface area contributed by atoms with E-state index in [9.17, 15) is 4.79 Å². The molecule has 2 saturated heterocycles. The minimum atomic E-state index is 0.111. The second-order valence-electron chi connectivity index (χ2n) is 5.91. The first-order valence-corrected chi connectivity index (χ1v) is 7.20. The van der Waals surface area contributed by atoms with Crippen molar-refractivity contribution in [3.05, 3.63) is 0 Å². The van der Waals surface area contributed by atoms with Crippen molar-refractivity contribution in [3.63, 3.8) is 0 Å². The lowest BCUT2D eigenvalue weighted by Gasteiger charge is -2.36. The van der Waals surface area contributed by atoms with E-state index in [0.29, 0.717) is 5.91 Å². The number of hydrogen-bond acceptors (Lipinski definition) is 2. The molecular formula is C14H26N2O. The number of carbonyl (C=O) groups is 1. The summed E-state index contributed by atoms with van der Waals surface area (Å²) in [7, 11) is 0. The molecule has 0 aliphatic carbocycles. The normalized spacial score (nSPS) is 27.5. The van der Waals surface area contributed by atoms with Crippen LogP contribution >= 0.6 is 0 Å². The molecule has 3 heteroatoms. The molecule has 0 radical (unpaired) electrons. The van der Waals surface area contributed by atoms with Crippen LogP contribution < -0.4 is 5.32 Å². The fourth-order valence-electron chi connectivity index (χ4n) is 3.07. The van der Waals surface area contributed by atoms with Crippen molar-refractivity contribution in [1.29, 1.82) is 0 Å². The zero-order valence-corrected chi connectivity index (χ0v) is 11.2. The molecule has 2 heterocycles. The van der Waals surface area contributed by atoms with Crippen molar-refractivity contribution in [3.8, 4) is 0 Å². The van der Waals surface area contributed by atoms with Crippen LogP contribution in [0.25, 0.3) is 0 Å². The van der Waals surface area contributed by atoms with Crippen molar-refractivity contribution >= 4 is 5.91 Å². The maximum Gasteiger partial charge on any atom is 0.239 e. The molecule has 0 unspecified atom stereocenters. The van der Waals surface area contributed by atoms with Crippen LogP contribution in [-0.4, -0.2) is 36.5 Å². The van der Waals surface area contributed by atoms with Crippen molar-refractivity contribution in [2.75, 3.05) is 19.6 Å². The highest BCUT2D eigenvalue weighted by atomic mass is 16.2. The Morgan fingerprint density at radius 1 is 1.18 bits per heavy atom. The van der Waals surface area contributed by atoms with Gasteiger partial charge in [-0.1, -0.05) is 20.3 Å². The molecular weight excluding hydrogens is 212 g/mol. The number of likely N-dealkylation sites (tertiary alicyclic amines) is 1. The summed E-state index contributed by atoms with van der Waals surface area (Å²) >= 11 is 0. The fraction of sp³-hybridized carbons (Fsp3) is 0.929. The first-order valence-electron chi connectivity index (χ1n) is 7.20. The molecule has 0 aromatic rings. The number of rotatable bonds is 2. The summed E-state index contributed by atoms with van der Waals surface area (Å²) in [4.78, 5) is 14.4. The monoisotopic (exact) mass is 238 g/mol. The van der Waals surface area contributed by atoms with Gasteiger partial charge in [0.25, 0.3) is 0 Å². The molecule has 0 aromatic heterocycles. The quantitative estimate of drug-likeness (QED) is 0.798. The van der Waals surface area contributed by atoms with Gasteiger partial charge in [-0.15, -0.1) is 0 Å². The van der Waals surface area contributed by atoms with Crippen molar-refractivity contribution in [2.45, 2.75) is 52.0 Å². The Morgan fingerprint density at radius 3 is 2.41 bits per heavy atom. The summed E-state index contributed by atoms with van der Waals surface area (Å²) in [6, 6.07) is 0.111. The molecule has 17 heavy (non-hydrogen) atoms. The lowest BCUT2D eigenvalue weighted by Crippen LogP contribution is -2.51. The van der Waals surface area contributed by atoms with E-state index >= 15 is 0 Å². The largest absolute Gasteiger partial charge is 0.341 e. The van der Waals surface area contributed by atoms with Crippen molar-refractivity contribution in [1.82, 2.24) is 10.2 Å². The highest BCUT2D eigenvalue weighted by Crippen LogP contribution is 2.25. The summed E-state index contributed by atoms with van der Waals surface area (Å²) in [6.07, 6.45) is 5.83. The van der Waals surface area contributed by atoms with Crippen LogP contribution in [0.4, 0.5) is 0 Å². The predicted molar refractivity (Wildman–Crippen MR) is 69.8 cm³/mol. The minimum absolute atomic E-state index is 0.111. The van der Waals surface area contributed by atoms with Gasteiger partial charge in [0, 0.05) is 13.1 Å². The molecule has 3 nitrogen and oxygen atoms in total. The molecule has 98 valence electrons. The molecule has 0 bridgehead atoms. The molecule has 1 N–H and O–H groups in total. The third-order valence-electron chi connectivity index (χ3n) is 4.40. The van der Waals surface area contributed by atoms with Gasteiger partial charge in [-0.3, -0.25) is 4.79 Å². The Hall–Kier alpha value is -0.570. The summed E-state index contributed by atoms with van der Waals surface area (Å²) in [6.45, 7) is 7.55. The van der Waals surface area contributed by atoms with Crippen LogP contribution in [0, 0.1) is 11.8 Å². The molecule has 1 atom stereocenters. The van der Waals surface area contributed by atoms with E-state index < -0.39 is 0 Å². The average molecular weight is 238 g/mol.